The molecule has 0 aliphatic rings. The molecule has 0 radical (unpaired) electrons. The fourth-order valence-corrected chi connectivity index (χ4v) is 4.07. The van der Waals surface area contributed by atoms with Crippen LogP contribution in [0.4, 0.5) is 0 Å². The minimum Gasteiger partial charge on any atom is -0.379 e. The summed E-state index contributed by atoms with van der Waals surface area (Å²) in [7, 11) is 0. The van der Waals surface area contributed by atoms with Gasteiger partial charge in [0.05, 0.1) is 66.1 Å². The summed E-state index contributed by atoms with van der Waals surface area (Å²) in [4.78, 5) is 24.1. The Bertz CT molecular complexity index is 1380. The predicted molar refractivity (Wildman–Crippen MR) is 173 cm³/mol. The summed E-state index contributed by atoms with van der Waals surface area (Å²) in [6.45, 7) is 4.77. The maximum Gasteiger partial charge on any atom is 0.222 e. The number of benzene rings is 2. The van der Waals surface area contributed by atoms with Crippen LogP contribution >= 0.6 is 0 Å². The summed E-state index contributed by atoms with van der Waals surface area (Å²) in [5.74, 6) is 0.698. The maximum atomic E-state index is 12.1. The van der Waals surface area contributed by atoms with Crippen molar-refractivity contribution in [2.75, 3.05) is 66.1 Å². The molecule has 0 aliphatic heterocycles. The number of hydrogen-bond acceptors (Lipinski definition) is 15. The van der Waals surface area contributed by atoms with Crippen LogP contribution in [0.25, 0.3) is 22.8 Å². The number of carbonyl (C=O) groups is 2. The van der Waals surface area contributed by atoms with Gasteiger partial charge >= 0.3 is 0 Å². The summed E-state index contributed by atoms with van der Waals surface area (Å²) in [5, 5.41) is 36.3. The molecular formula is C32H40N10O7. The van der Waals surface area contributed by atoms with Crippen LogP contribution in [0.3, 0.4) is 0 Å². The number of rotatable bonds is 24. The number of amides is 2. The summed E-state index contributed by atoms with van der Waals surface area (Å²) < 4.78 is 27.4. The van der Waals surface area contributed by atoms with E-state index >= 15 is 0 Å². The number of ether oxygens (including phenoxy) is 5. The van der Waals surface area contributed by atoms with Gasteiger partial charge in [-0.1, -0.05) is 48.5 Å². The first-order valence-corrected chi connectivity index (χ1v) is 15.8. The highest BCUT2D eigenvalue weighted by atomic mass is 16.6. The van der Waals surface area contributed by atoms with Gasteiger partial charge in [-0.15, -0.1) is 40.8 Å². The molecule has 0 saturated heterocycles. The molecule has 4 rings (SSSR count). The number of nitrogens with zero attached hydrogens (tertiary/aromatic N) is 8. The molecule has 0 spiro atoms. The van der Waals surface area contributed by atoms with Crippen LogP contribution in [0.5, 0.6) is 0 Å². The van der Waals surface area contributed by atoms with Gasteiger partial charge in [-0.25, -0.2) is 0 Å². The van der Waals surface area contributed by atoms with Crippen molar-refractivity contribution < 1.29 is 33.3 Å². The fraction of sp³-hybridized carbons (Fsp3) is 0.438. The van der Waals surface area contributed by atoms with E-state index in [1.807, 2.05) is 48.5 Å². The second kappa shape index (κ2) is 22.6. The first-order chi connectivity index (χ1) is 24.2. The molecule has 0 atom stereocenters. The molecule has 0 unspecified atom stereocenters. The average molecular weight is 677 g/mol. The first kappa shape index (κ1) is 36.9. The van der Waals surface area contributed by atoms with Crippen molar-refractivity contribution in [3.8, 4) is 22.8 Å². The van der Waals surface area contributed by atoms with E-state index in [2.05, 4.69) is 51.4 Å². The monoisotopic (exact) mass is 676 g/mol. The summed E-state index contributed by atoms with van der Waals surface area (Å²) in [6, 6.07) is 15.0. The van der Waals surface area contributed by atoms with Gasteiger partial charge in [0.25, 0.3) is 0 Å². The Morgan fingerprint density at radius 3 is 1.08 bits per heavy atom. The third-order valence-corrected chi connectivity index (χ3v) is 6.65. The van der Waals surface area contributed by atoms with Crippen LogP contribution in [0, 0.1) is 0 Å². The zero-order chi connectivity index (χ0) is 34.2. The van der Waals surface area contributed by atoms with Crippen LogP contribution in [0.15, 0.2) is 61.2 Å². The lowest BCUT2D eigenvalue weighted by Gasteiger charge is -2.09. The van der Waals surface area contributed by atoms with E-state index in [-0.39, 0.29) is 24.7 Å². The minimum absolute atomic E-state index is 0.0959. The van der Waals surface area contributed by atoms with Gasteiger partial charge in [0.1, 0.15) is 0 Å². The molecule has 4 aromatic rings. The molecule has 49 heavy (non-hydrogen) atoms. The zero-order valence-corrected chi connectivity index (χ0v) is 27.1. The minimum atomic E-state index is -0.0959. The predicted octanol–water partition coefficient (Wildman–Crippen LogP) is 0.976. The van der Waals surface area contributed by atoms with Crippen LogP contribution in [0.2, 0.25) is 0 Å². The summed E-state index contributed by atoms with van der Waals surface area (Å²) >= 11 is 0. The van der Waals surface area contributed by atoms with Gasteiger partial charge in [-0.05, 0) is 11.1 Å². The van der Waals surface area contributed by atoms with Crippen LogP contribution < -0.4 is 10.6 Å². The molecule has 2 amide bonds. The Hall–Kier alpha value is -4.94. The lowest BCUT2D eigenvalue weighted by molar-refractivity contribution is -0.123. The van der Waals surface area contributed by atoms with Crippen LogP contribution in [-0.4, -0.2) is 119 Å². The molecule has 17 heteroatoms. The molecule has 260 valence electrons. The SMILES string of the molecule is O=C(CCOCCOCCOCCOCCOCCC(=O)NCc1ccc(-c2nncnn2)cc1)NCc1ccc(-c2nncnn2)cc1. The molecule has 2 aromatic carbocycles. The molecule has 17 nitrogen and oxygen atoms in total. The third-order valence-electron chi connectivity index (χ3n) is 6.65. The molecule has 2 N–H and O–H groups in total. The van der Waals surface area contributed by atoms with E-state index in [1.54, 1.807) is 0 Å². The molecular weight excluding hydrogens is 636 g/mol. The fourth-order valence-electron chi connectivity index (χ4n) is 4.07. The molecule has 2 aromatic heterocycles. The zero-order valence-electron chi connectivity index (χ0n) is 27.1. The van der Waals surface area contributed by atoms with E-state index in [1.165, 1.54) is 12.7 Å². The van der Waals surface area contributed by atoms with Crippen LogP contribution in [-0.2, 0) is 46.4 Å². The topological polar surface area (TPSA) is 207 Å². The molecule has 0 bridgehead atoms. The van der Waals surface area contributed by atoms with Crippen molar-refractivity contribution in [3.63, 3.8) is 0 Å². The molecule has 2 heterocycles. The quantitative estimate of drug-likeness (QED) is 0.0992. The van der Waals surface area contributed by atoms with Gasteiger partial charge in [0.2, 0.25) is 23.5 Å². The van der Waals surface area contributed by atoms with Crippen molar-refractivity contribution in [1.82, 2.24) is 51.4 Å². The lowest BCUT2D eigenvalue weighted by atomic mass is 10.1. The van der Waals surface area contributed by atoms with Crippen molar-refractivity contribution in [2.24, 2.45) is 0 Å². The Labute approximate surface area is 283 Å². The van der Waals surface area contributed by atoms with Crippen molar-refractivity contribution in [2.45, 2.75) is 25.9 Å². The highest BCUT2D eigenvalue weighted by molar-refractivity contribution is 5.76. The van der Waals surface area contributed by atoms with Crippen LogP contribution in [0.1, 0.15) is 24.0 Å². The molecule has 0 fully saturated rings. The Balaban J connectivity index is 0.864. The van der Waals surface area contributed by atoms with E-state index in [0.29, 0.717) is 90.8 Å². The van der Waals surface area contributed by atoms with E-state index in [4.69, 9.17) is 23.7 Å². The standard InChI is InChI=1S/C32H40N10O7/c43-29(33-21-25-1-5-27(6-2-25)31-39-35-23-36-40-31)9-11-45-13-15-47-17-19-49-20-18-48-16-14-46-12-10-30(44)34-22-26-3-7-28(8-4-26)32-41-37-24-38-42-32/h1-8,23-24H,9-22H2,(H,33,43)(H,34,44). The van der Waals surface area contributed by atoms with E-state index in [9.17, 15) is 9.59 Å². The Morgan fingerprint density at radius 1 is 0.449 bits per heavy atom. The second-order valence-corrected chi connectivity index (χ2v) is 10.2. The third kappa shape index (κ3) is 15.2. The van der Waals surface area contributed by atoms with E-state index in [0.717, 1.165) is 22.3 Å². The number of hydrogen-bond donors (Lipinski definition) is 2. The van der Waals surface area contributed by atoms with Gasteiger partial charge in [-0.3, -0.25) is 9.59 Å². The summed E-state index contributed by atoms with van der Waals surface area (Å²) in [5.41, 5.74) is 3.50. The second-order valence-electron chi connectivity index (χ2n) is 10.2. The normalized spacial score (nSPS) is 10.9. The van der Waals surface area contributed by atoms with Crippen molar-refractivity contribution in [1.29, 1.82) is 0 Å². The van der Waals surface area contributed by atoms with Gasteiger partial charge in [-0.2, -0.15) is 0 Å². The van der Waals surface area contributed by atoms with E-state index < -0.39 is 0 Å². The highest BCUT2D eigenvalue weighted by Gasteiger charge is 2.06. The Kier molecular flexibility index (Phi) is 17.0. The van der Waals surface area contributed by atoms with Gasteiger partial charge in [0, 0.05) is 37.1 Å². The number of nitrogens with one attached hydrogen (secondary N) is 2. The van der Waals surface area contributed by atoms with Gasteiger partial charge in [0.15, 0.2) is 12.7 Å². The summed E-state index contributed by atoms with van der Waals surface area (Å²) in [6.07, 6.45) is 3.07. The number of carbonyl (C=O) groups excluding carboxylic acids is 2. The highest BCUT2D eigenvalue weighted by Crippen LogP contribution is 2.14. The molecule has 0 aliphatic carbocycles. The van der Waals surface area contributed by atoms with Crippen molar-refractivity contribution >= 4 is 11.8 Å². The average Bonchev–Trinajstić information content (AvgIpc) is 3.15. The first-order valence-electron chi connectivity index (χ1n) is 15.8. The van der Waals surface area contributed by atoms with Crippen molar-refractivity contribution in [3.05, 3.63) is 72.3 Å². The van der Waals surface area contributed by atoms with Gasteiger partial charge < -0.3 is 34.3 Å². The molecule has 0 saturated carbocycles. The lowest BCUT2D eigenvalue weighted by Crippen LogP contribution is -2.24. The maximum absolute atomic E-state index is 12.1. The Morgan fingerprint density at radius 2 is 0.755 bits per heavy atom. The smallest absolute Gasteiger partial charge is 0.222 e. The largest absolute Gasteiger partial charge is 0.379 e. The number of aromatic nitrogens is 8.